The number of aromatic nitrogens is 4. The van der Waals surface area contributed by atoms with Crippen molar-refractivity contribution in [2.75, 3.05) is 5.32 Å². The third-order valence-corrected chi connectivity index (χ3v) is 5.63. The number of fused-ring (bicyclic) bond motifs is 1. The average Bonchev–Trinajstić information content (AvgIpc) is 3.32. The Balaban J connectivity index is 1.30. The van der Waals surface area contributed by atoms with Crippen LogP contribution in [0.5, 0.6) is 0 Å². The van der Waals surface area contributed by atoms with Crippen LogP contribution in [0.1, 0.15) is 34.5 Å². The molecule has 0 saturated heterocycles. The number of para-hydroxylation sites is 2. The molecule has 0 spiro atoms. The van der Waals surface area contributed by atoms with Crippen LogP contribution < -0.4 is 10.6 Å². The molecule has 5 aromatic rings. The summed E-state index contributed by atoms with van der Waals surface area (Å²) >= 11 is 0. The molecule has 5 rings (SSSR count). The molecule has 2 N–H and O–H groups in total. The number of nitrogens with one attached hydrogen (secondary N) is 2. The average molecular weight is 449 g/mol. The van der Waals surface area contributed by atoms with Crippen molar-refractivity contribution in [1.82, 2.24) is 24.8 Å². The minimum Gasteiger partial charge on any atom is -0.348 e. The van der Waals surface area contributed by atoms with Crippen LogP contribution in [-0.2, 0) is 6.54 Å². The van der Waals surface area contributed by atoms with E-state index in [2.05, 4.69) is 25.6 Å². The van der Waals surface area contributed by atoms with Gasteiger partial charge in [0.05, 0.1) is 17.1 Å². The second-order valence-electron chi connectivity index (χ2n) is 8.00. The number of imidazole rings is 1. The highest BCUT2D eigenvalue weighted by Gasteiger charge is 2.12. The largest absolute Gasteiger partial charge is 0.348 e. The van der Waals surface area contributed by atoms with Crippen LogP contribution in [0.2, 0.25) is 0 Å². The summed E-state index contributed by atoms with van der Waals surface area (Å²) in [6.07, 6.45) is 3.48. The Morgan fingerprint density at radius 2 is 1.76 bits per heavy atom. The number of nitrogens with zero attached hydrogens (tertiary/aromatic N) is 4. The molecular formula is C27H24N6O. The second-order valence-corrected chi connectivity index (χ2v) is 8.00. The molecule has 1 unspecified atom stereocenters. The van der Waals surface area contributed by atoms with E-state index in [4.69, 9.17) is 0 Å². The van der Waals surface area contributed by atoms with E-state index in [1.807, 2.05) is 96.4 Å². The molecule has 0 saturated carbocycles. The monoisotopic (exact) mass is 448 g/mol. The van der Waals surface area contributed by atoms with E-state index >= 15 is 0 Å². The third kappa shape index (κ3) is 4.63. The molecule has 1 atom stereocenters. The van der Waals surface area contributed by atoms with Crippen molar-refractivity contribution >= 4 is 22.9 Å². The zero-order valence-corrected chi connectivity index (χ0v) is 18.7. The van der Waals surface area contributed by atoms with Gasteiger partial charge in [0.25, 0.3) is 5.91 Å². The maximum Gasteiger partial charge on any atom is 0.251 e. The lowest BCUT2D eigenvalue weighted by Crippen LogP contribution is -2.23. The van der Waals surface area contributed by atoms with Crippen molar-refractivity contribution in [3.05, 3.63) is 114 Å². The summed E-state index contributed by atoms with van der Waals surface area (Å²) in [7, 11) is 0. The van der Waals surface area contributed by atoms with Crippen molar-refractivity contribution in [2.45, 2.75) is 19.5 Å². The SMILES string of the molecule is CC(Nc1nccc(-n2cnc3ccccc32)n1)c1cccc(C(=O)NCc2ccccc2)c1. The van der Waals surface area contributed by atoms with Crippen LogP contribution in [-0.4, -0.2) is 25.4 Å². The fourth-order valence-corrected chi connectivity index (χ4v) is 3.80. The van der Waals surface area contributed by atoms with Gasteiger partial charge in [-0.2, -0.15) is 4.98 Å². The summed E-state index contributed by atoms with van der Waals surface area (Å²) in [4.78, 5) is 26.2. The van der Waals surface area contributed by atoms with Crippen molar-refractivity contribution in [1.29, 1.82) is 0 Å². The Hall–Kier alpha value is -4.52. The van der Waals surface area contributed by atoms with Crippen molar-refractivity contribution in [3.63, 3.8) is 0 Å². The highest BCUT2D eigenvalue weighted by atomic mass is 16.1. The fraction of sp³-hybridized carbons (Fsp3) is 0.111. The van der Waals surface area contributed by atoms with Crippen LogP contribution in [0.3, 0.4) is 0 Å². The minimum absolute atomic E-state index is 0.100. The first-order valence-corrected chi connectivity index (χ1v) is 11.1. The quantitative estimate of drug-likeness (QED) is 0.369. The van der Waals surface area contributed by atoms with E-state index in [1.165, 1.54) is 0 Å². The number of hydrogen-bond acceptors (Lipinski definition) is 5. The van der Waals surface area contributed by atoms with Gasteiger partial charge in [-0.1, -0.05) is 54.6 Å². The van der Waals surface area contributed by atoms with Gasteiger partial charge in [-0.25, -0.2) is 9.97 Å². The molecule has 0 aliphatic carbocycles. The predicted octanol–water partition coefficient (Wildman–Crippen LogP) is 4.92. The Labute approximate surface area is 197 Å². The lowest BCUT2D eigenvalue weighted by molar-refractivity contribution is 0.0951. The maximum absolute atomic E-state index is 12.7. The molecule has 3 aromatic carbocycles. The van der Waals surface area contributed by atoms with E-state index in [9.17, 15) is 4.79 Å². The standard InChI is InChI=1S/C27H24N6O/c1-19(21-10-7-11-22(16-21)26(34)29-17-20-8-3-2-4-9-20)31-27-28-15-14-25(32-27)33-18-30-23-12-5-6-13-24(23)33/h2-16,18-19H,17H2,1H3,(H,29,34)(H,28,31,32). The molecular weight excluding hydrogens is 424 g/mol. The number of anilines is 1. The fourth-order valence-electron chi connectivity index (χ4n) is 3.80. The first-order chi connectivity index (χ1) is 16.7. The first kappa shape index (κ1) is 21.3. The Kier molecular flexibility index (Phi) is 5.99. The molecule has 0 aliphatic rings. The third-order valence-electron chi connectivity index (χ3n) is 5.63. The Morgan fingerprint density at radius 3 is 2.65 bits per heavy atom. The van der Waals surface area contributed by atoms with Gasteiger partial charge in [-0.15, -0.1) is 0 Å². The van der Waals surface area contributed by atoms with E-state index in [1.54, 1.807) is 12.5 Å². The summed E-state index contributed by atoms with van der Waals surface area (Å²) in [6, 6.07) is 27.1. The second kappa shape index (κ2) is 9.54. The molecule has 2 heterocycles. The number of amides is 1. The van der Waals surface area contributed by atoms with Gasteiger partial charge < -0.3 is 10.6 Å². The van der Waals surface area contributed by atoms with E-state index in [0.717, 1.165) is 28.0 Å². The molecule has 0 bridgehead atoms. The van der Waals surface area contributed by atoms with Crippen LogP contribution in [0.4, 0.5) is 5.95 Å². The van der Waals surface area contributed by atoms with E-state index in [0.29, 0.717) is 18.1 Å². The van der Waals surface area contributed by atoms with Crippen LogP contribution in [0.15, 0.2) is 97.5 Å². The highest BCUT2D eigenvalue weighted by Crippen LogP contribution is 2.20. The van der Waals surface area contributed by atoms with Crippen molar-refractivity contribution < 1.29 is 4.79 Å². The summed E-state index contributed by atoms with van der Waals surface area (Å²) in [5.74, 6) is 1.12. The van der Waals surface area contributed by atoms with Crippen molar-refractivity contribution in [3.8, 4) is 5.82 Å². The van der Waals surface area contributed by atoms with Crippen LogP contribution >= 0.6 is 0 Å². The highest BCUT2D eigenvalue weighted by molar-refractivity contribution is 5.94. The lowest BCUT2D eigenvalue weighted by atomic mass is 10.0. The number of carbonyl (C=O) groups excluding carboxylic acids is 1. The Bertz CT molecular complexity index is 1430. The number of carbonyl (C=O) groups is 1. The van der Waals surface area contributed by atoms with Gasteiger partial charge in [0.1, 0.15) is 12.1 Å². The van der Waals surface area contributed by atoms with Gasteiger partial charge in [-0.3, -0.25) is 9.36 Å². The van der Waals surface area contributed by atoms with Crippen molar-refractivity contribution in [2.24, 2.45) is 0 Å². The van der Waals surface area contributed by atoms with Gasteiger partial charge in [0.2, 0.25) is 5.95 Å². The van der Waals surface area contributed by atoms with Gasteiger partial charge in [0, 0.05) is 18.3 Å². The first-order valence-electron chi connectivity index (χ1n) is 11.1. The summed E-state index contributed by atoms with van der Waals surface area (Å²) in [5.41, 5.74) is 4.53. The van der Waals surface area contributed by atoms with Crippen LogP contribution in [0, 0.1) is 0 Å². The molecule has 7 heteroatoms. The molecule has 0 fully saturated rings. The van der Waals surface area contributed by atoms with Gasteiger partial charge in [-0.05, 0) is 48.4 Å². The molecule has 1 amide bonds. The molecule has 0 aliphatic heterocycles. The van der Waals surface area contributed by atoms with Gasteiger partial charge >= 0.3 is 0 Å². The summed E-state index contributed by atoms with van der Waals surface area (Å²) in [5, 5.41) is 6.32. The lowest BCUT2D eigenvalue weighted by Gasteiger charge is -2.16. The Morgan fingerprint density at radius 1 is 0.941 bits per heavy atom. The number of hydrogen-bond donors (Lipinski definition) is 2. The molecule has 0 radical (unpaired) electrons. The molecule has 2 aromatic heterocycles. The van der Waals surface area contributed by atoms with E-state index in [-0.39, 0.29) is 11.9 Å². The van der Waals surface area contributed by atoms with Gasteiger partial charge in [0.15, 0.2) is 0 Å². The summed E-state index contributed by atoms with van der Waals surface area (Å²) in [6.45, 7) is 2.50. The smallest absolute Gasteiger partial charge is 0.251 e. The normalized spacial score (nSPS) is 11.8. The summed E-state index contributed by atoms with van der Waals surface area (Å²) < 4.78 is 1.94. The number of rotatable bonds is 7. The minimum atomic E-state index is -0.108. The van der Waals surface area contributed by atoms with E-state index < -0.39 is 0 Å². The molecule has 168 valence electrons. The zero-order valence-electron chi connectivity index (χ0n) is 18.7. The predicted molar refractivity (Wildman–Crippen MR) is 133 cm³/mol. The topological polar surface area (TPSA) is 84.7 Å². The molecule has 34 heavy (non-hydrogen) atoms. The van der Waals surface area contributed by atoms with Crippen LogP contribution in [0.25, 0.3) is 16.9 Å². The zero-order chi connectivity index (χ0) is 23.3. The number of benzene rings is 3. The molecule has 7 nitrogen and oxygen atoms in total. The maximum atomic E-state index is 12.7.